The zero-order chi connectivity index (χ0) is 22.2. The molecule has 3 aromatic rings. The molecule has 0 radical (unpaired) electrons. The highest BCUT2D eigenvalue weighted by Crippen LogP contribution is 2.20. The van der Waals surface area contributed by atoms with E-state index in [0.29, 0.717) is 17.8 Å². The Hall–Kier alpha value is -3.69. The van der Waals surface area contributed by atoms with Crippen molar-refractivity contribution >= 4 is 17.4 Å². The summed E-state index contributed by atoms with van der Waals surface area (Å²) < 4.78 is 0. The highest BCUT2D eigenvalue weighted by Gasteiger charge is 2.20. The van der Waals surface area contributed by atoms with Crippen LogP contribution in [-0.2, 0) is 11.2 Å². The van der Waals surface area contributed by atoms with E-state index in [1.807, 2.05) is 66.7 Å². The number of aromatic nitrogens is 1. The molecule has 0 saturated carbocycles. The lowest BCUT2D eigenvalue weighted by molar-refractivity contribution is -0.118. The third-order valence-electron chi connectivity index (χ3n) is 5.69. The van der Waals surface area contributed by atoms with Gasteiger partial charge in [0, 0.05) is 19.6 Å². The first-order valence-electron chi connectivity index (χ1n) is 11.0. The van der Waals surface area contributed by atoms with Crippen molar-refractivity contribution in [2.24, 2.45) is 0 Å². The third kappa shape index (κ3) is 5.51. The number of carbonyl (C=O) groups is 1. The van der Waals surface area contributed by atoms with Crippen LogP contribution in [0.5, 0.6) is 0 Å². The van der Waals surface area contributed by atoms with Crippen molar-refractivity contribution in [1.29, 1.82) is 5.26 Å². The molecule has 1 aliphatic heterocycles. The zero-order valence-electron chi connectivity index (χ0n) is 18.0. The molecular formula is C26H27N5O. The molecule has 1 atom stereocenters. The molecule has 6 heteroatoms. The van der Waals surface area contributed by atoms with Crippen LogP contribution in [0, 0.1) is 11.3 Å². The standard InChI is InChI=1S/C26H27N5O/c27-18-21-10-8-20(9-11-21)14-15-28-25(22-6-2-1-3-7-22)26(32)30-23-12-13-24(29-19-23)31-16-4-5-17-31/h1-3,6-13,19,25,28H,4-5,14-17H2,(H,30,32). The Morgan fingerprint density at radius 3 is 2.44 bits per heavy atom. The Labute approximate surface area is 188 Å². The van der Waals surface area contributed by atoms with E-state index in [-0.39, 0.29) is 5.91 Å². The molecule has 1 amide bonds. The normalized spacial score (nSPS) is 14.0. The lowest BCUT2D eigenvalue weighted by atomic mass is 10.0. The Morgan fingerprint density at radius 2 is 1.78 bits per heavy atom. The first-order chi connectivity index (χ1) is 15.7. The molecule has 0 bridgehead atoms. The monoisotopic (exact) mass is 425 g/mol. The second kappa shape index (κ2) is 10.6. The van der Waals surface area contributed by atoms with Gasteiger partial charge in [-0.15, -0.1) is 0 Å². The van der Waals surface area contributed by atoms with Gasteiger partial charge in [-0.05, 0) is 54.7 Å². The molecule has 1 aliphatic rings. The summed E-state index contributed by atoms with van der Waals surface area (Å²) in [7, 11) is 0. The minimum absolute atomic E-state index is 0.119. The van der Waals surface area contributed by atoms with Crippen LogP contribution in [0.1, 0.15) is 35.6 Å². The van der Waals surface area contributed by atoms with Gasteiger partial charge < -0.3 is 15.5 Å². The van der Waals surface area contributed by atoms with Crippen molar-refractivity contribution in [1.82, 2.24) is 10.3 Å². The molecule has 162 valence electrons. The molecule has 0 aliphatic carbocycles. The predicted molar refractivity (Wildman–Crippen MR) is 126 cm³/mol. The van der Waals surface area contributed by atoms with Crippen LogP contribution in [0.4, 0.5) is 11.5 Å². The summed E-state index contributed by atoms with van der Waals surface area (Å²) in [5.74, 6) is 0.840. The lowest BCUT2D eigenvalue weighted by Gasteiger charge is -2.20. The number of nitrogens with one attached hydrogen (secondary N) is 2. The molecule has 1 fully saturated rings. The molecule has 6 nitrogen and oxygen atoms in total. The van der Waals surface area contributed by atoms with Gasteiger partial charge in [-0.1, -0.05) is 42.5 Å². The second-order valence-corrected chi connectivity index (χ2v) is 7.95. The number of nitrogens with zero attached hydrogens (tertiary/aromatic N) is 3. The van der Waals surface area contributed by atoms with Gasteiger partial charge in [0.1, 0.15) is 11.9 Å². The van der Waals surface area contributed by atoms with Gasteiger partial charge in [0.25, 0.3) is 0 Å². The van der Waals surface area contributed by atoms with E-state index in [4.69, 9.17) is 5.26 Å². The van der Waals surface area contributed by atoms with E-state index >= 15 is 0 Å². The van der Waals surface area contributed by atoms with Crippen LogP contribution in [0.3, 0.4) is 0 Å². The first kappa shape index (κ1) is 21.5. The Balaban J connectivity index is 1.40. The average molecular weight is 426 g/mol. The molecule has 1 unspecified atom stereocenters. The Kier molecular flexibility index (Phi) is 7.11. The number of rotatable bonds is 8. The van der Waals surface area contributed by atoms with E-state index in [0.717, 1.165) is 36.5 Å². The van der Waals surface area contributed by atoms with Gasteiger partial charge >= 0.3 is 0 Å². The quantitative estimate of drug-likeness (QED) is 0.569. The van der Waals surface area contributed by atoms with E-state index in [1.165, 1.54) is 12.8 Å². The maximum Gasteiger partial charge on any atom is 0.246 e. The highest BCUT2D eigenvalue weighted by atomic mass is 16.2. The third-order valence-corrected chi connectivity index (χ3v) is 5.69. The van der Waals surface area contributed by atoms with E-state index in [9.17, 15) is 4.79 Å². The van der Waals surface area contributed by atoms with Crippen LogP contribution in [0.2, 0.25) is 0 Å². The van der Waals surface area contributed by atoms with E-state index in [1.54, 1.807) is 6.20 Å². The second-order valence-electron chi connectivity index (χ2n) is 7.95. The zero-order valence-corrected chi connectivity index (χ0v) is 18.0. The maximum atomic E-state index is 13.1. The summed E-state index contributed by atoms with van der Waals surface area (Å²) in [6, 6.07) is 22.8. The summed E-state index contributed by atoms with van der Waals surface area (Å²) in [5.41, 5.74) is 3.36. The predicted octanol–water partition coefficient (Wildman–Crippen LogP) is 4.07. The van der Waals surface area contributed by atoms with Gasteiger partial charge in [-0.2, -0.15) is 5.26 Å². The van der Waals surface area contributed by atoms with Crippen LogP contribution in [-0.4, -0.2) is 30.5 Å². The van der Waals surface area contributed by atoms with E-state index in [2.05, 4.69) is 26.6 Å². The van der Waals surface area contributed by atoms with Crippen LogP contribution in [0.15, 0.2) is 72.9 Å². The minimum atomic E-state index is -0.479. The largest absolute Gasteiger partial charge is 0.357 e. The molecule has 2 heterocycles. The molecule has 1 saturated heterocycles. The SMILES string of the molecule is N#Cc1ccc(CCNC(C(=O)Nc2ccc(N3CCCC3)nc2)c2ccccc2)cc1. The van der Waals surface area contributed by atoms with Gasteiger partial charge in [0.15, 0.2) is 0 Å². The van der Waals surface area contributed by atoms with Crippen molar-refractivity contribution in [2.75, 3.05) is 29.9 Å². The summed E-state index contributed by atoms with van der Waals surface area (Å²) in [6.07, 6.45) is 4.89. The van der Waals surface area contributed by atoms with Crippen molar-refractivity contribution in [3.05, 3.63) is 89.6 Å². The van der Waals surface area contributed by atoms with Crippen molar-refractivity contribution in [2.45, 2.75) is 25.3 Å². The number of hydrogen-bond donors (Lipinski definition) is 2. The molecule has 0 spiro atoms. The summed E-state index contributed by atoms with van der Waals surface area (Å²) in [6.45, 7) is 2.71. The average Bonchev–Trinajstić information content (AvgIpc) is 3.38. The number of nitriles is 1. The fourth-order valence-electron chi connectivity index (χ4n) is 3.92. The molecular weight excluding hydrogens is 398 g/mol. The molecule has 32 heavy (non-hydrogen) atoms. The van der Waals surface area contributed by atoms with Crippen LogP contribution >= 0.6 is 0 Å². The van der Waals surface area contributed by atoms with Gasteiger partial charge in [0.2, 0.25) is 5.91 Å². The summed E-state index contributed by atoms with van der Waals surface area (Å²) in [4.78, 5) is 19.9. The highest BCUT2D eigenvalue weighted by molar-refractivity contribution is 5.95. The van der Waals surface area contributed by atoms with Crippen LogP contribution < -0.4 is 15.5 Å². The molecule has 4 rings (SSSR count). The van der Waals surface area contributed by atoms with Gasteiger partial charge in [-0.25, -0.2) is 4.98 Å². The summed E-state index contributed by atoms with van der Waals surface area (Å²) >= 11 is 0. The molecule has 2 aromatic carbocycles. The topological polar surface area (TPSA) is 81.0 Å². The number of amides is 1. The van der Waals surface area contributed by atoms with Gasteiger partial charge in [0.05, 0.1) is 23.5 Å². The fraction of sp³-hybridized carbons (Fsp3) is 0.269. The smallest absolute Gasteiger partial charge is 0.246 e. The van der Waals surface area contributed by atoms with E-state index < -0.39 is 6.04 Å². The number of anilines is 2. The summed E-state index contributed by atoms with van der Waals surface area (Å²) in [5, 5.41) is 15.3. The van der Waals surface area contributed by atoms with Crippen LogP contribution in [0.25, 0.3) is 0 Å². The maximum absolute atomic E-state index is 13.1. The number of carbonyl (C=O) groups excluding carboxylic acids is 1. The van der Waals surface area contributed by atoms with Gasteiger partial charge in [-0.3, -0.25) is 4.79 Å². The van der Waals surface area contributed by atoms with Crippen molar-refractivity contribution in [3.63, 3.8) is 0 Å². The Morgan fingerprint density at radius 1 is 1.03 bits per heavy atom. The van der Waals surface area contributed by atoms with Crippen molar-refractivity contribution in [3.8, 4) is 6.07 Å². The molecule has 2 N–H and O–H groups in total. The first-order valence-corrected chi connectivity index (χ1v) is 11.0. The number of hydrogen-bond acceptors (Lipinski definition) is 5. The number of benzene rings is 2. The van der Waals surface area contributed by atoms with Crippen molar-refractivity contribution < 1.29 is 4.79 Å². The molecule has 1 aromatic heterocycles. The number of pyridine rings is 1. The minimum Gasteiger partial charge on any atom is -0.357 e. The Bertz CT molecular complexity index is 1050. The fourth-order valence-corrected chi connectivity index (χ4v) is 3.92. The lowest BCUT2D eigenvalue weighted by Crippen LogP contribution is -2.34.